The highest BCUT2D eigenvalue weighted by Crippen LogP contribution is 2.43. The average molecular weight is 461 g/mol. The Morgan fingerprint density at radius 3 is 2.58 bits per heavy atom. The third kappa shape index (κ3) is 4.59. The van der Waals surface area contributed by atoms with Crippen LogP contribution in [0.15, 0.2) is 40.5 Å². The molecule has 2 N–H and O–H groups in total. The van der Waals surface area contributed by atoms with Gasteiger partial charge >= 0.3 is 0 Å². The number of aromatic nitrogens is 1. The third-order valence-electron chi connectivity index (χ3n) is 5.71. The Labute approximate surface area is 192 Å². The first-order valence-corrected chi connectivity index (χ1v) is 11.1. The summed E-state index contributed by atoms with van der Waals surface area (Å²) in [5, 5.41) is 10.6. The van der Waals surface area contributed by atoms with Gasteiger partial charge in [-0.25, -0.2) is 0 Å². The number of allylic oxidation sites excluding steroid dienone is 1. The lowest BCUT2D eigenvalue weighted by Gasteiger charge is -2.28. The van der Waals surface area contributed by atoms with Crippen molar-refractivity contribution in [2.24, 2.45) is 5.73 Å². The van der Waals surface area contributed by atoms with Gasteiger partial charge in [0.1, 0.15) is 17.4 Å². The van der Waals surface area contributed by atoms with Crippen LogP contribution < -0.4 is 16.0 Å². The highest BCUT2D eigenvalue weighted by atomic mass is 35.5. The molecule has 1 aliphatic rings. The molecule has 0 amide bonds. The van der Waals surface area contributed by atoms with Crippen molar-refractivity contribution in [1.82, 2.24) is 9.47 Å². The van der Waals surface area contributed by atoms with Crippen LogP contribution in [0.3, 0.4) is 0 Å². The number of nitrogens with two attached hydrogens (primary N) is 1. The molecule has 1 aromatic carbocycles. The lowest BCUT2D eigenvalue weighted by atomic mass is 9.84. The van der Waals surface area contributed by atoms with Crippen LogP contribution in [0.2, 0.25) is 10.0 Å². The van der Waals surface area contributed by atoms with E-state index < -0.39 is 5.92 Å². The molecule has 164 valence electrons. The summed E-state index contributed by atoms with van der Waals surface area (Å²) in [6, 6.07) is 8.89. The van der Waals surface area contributed by atoms with Gasteiger partial charge in [-0.1, -0.05) is 43.1 Å². The zero-order valence-electron chi connectivity index (χ0n) is 17.9. The smallest absolute Gasteiger partial charge is 0.258 e. The Bertz CT molecular complexity index is 1110. The predicted molar refractivity (Wildman–Crippen MR) is 124 cm³/mol. The number of rotatable bonds is 7. The number of hydrogen-bond acceptors (Lipinski definition) is 5. The molecule has 3 rings (SSSR count). The fourth-order valence-electron chi connectivity index (χ4n) is 4.00. The number of aryl methyl sites for hydroxylation is 1. The normalized spacial score (nSPS) is 15.6. The molecule has 0 fully saturated rings. The van der Waals surface area contributed by atoms with Crippen LogP contribution in [0, 0.1) is 18.3 Å². The number of fused-ring (bicyclic) bond motifs is 1. The highest BCUT2D eigenvalue weighted by molar-refractivity contribution is 6.35. The van der Waals surface area contributed by atoms with Crippen molar-refractivity contribution in [1.29, 1.82) is 5.26 Å². The second kappa shape index (κ2) is 9.78. The quantitative estimate of drug-likeness (QED) is 0.660. The first-order chi connectivity index (χ1) is 14.8. The van der Waals surface area contributed by atoms with Gasteiger partial charge in [-0.05, 0) is 50.7 Å². The summed E-state index contributed by atoms with van der Waals surface area (Å²) in [6.45, 7) is 9.51. The summed E-state index contributed by atoms with van der Waals surface area (Å²) < 4.78 is 7.42. The molecule has 2 heterocycles. The van der Waals surface area contributed by atoms with Crippen LogP contribution in [0.5, 0.6) is 5.75 Å². The summed E-state index contributed by atoms with van der Waals surface area (Å²) >= 11 is 12.5. The van der Waals surface area contributed by atoms with E-state index in [2.05, 4.69) is 24.8 Å². The van der Waals surface area contributed by atoms with E-state index in [1.165, 1.54) is 0 Å². The molecule has 1 aromatic heterocycles. The molecule has 1 aliphatic heterocycles. The lowest BCUT2D eigenvalue weighted by molar-refractivity contribution is 0.292. The van der Waals surface area contributed by atoms with E-state index in [1.54, 1.807) is 28.8 Å². The van der Waals surface area contributed by atoms with E-state index in [9.17, 15) is 10.1 Å². The second-order valence-electron chi connectivity index (χ2n) is 7.49. The molecule has 31 heavy (non-hydrogen) atoms. The summed E-state index contributed by atoms with van der Waals surface area (Å²) in [5.74, 6) is -0.389. The van der Waals surface area contributed by atoms with Crippen molar-refractivity contribution >= 4 is 23.2 Å². The van der Waals surface area contributed by atoms with Crippen LogP contribution in [-0.4, -0.2) is 29.1 Å². The summed E-state index contributed by atoms with van der Waals surface area (Å²) in [5.41, 5.74) is 7.73. The van der Waals surface area contributed by atoms with Crippen LogP contribution >= 0.6 is 23.2 Å². The van der Waals surface area contributed by atoms with E-state index >= 15 is 0 Å². The summed E-state index contributed by atoms with van der Waals surface area (Å²) in [7, 11) is 0. The Balaban J connectivity index is 2.11. The van der Waals surface area contributed by atoms with Gasteiger partial charge in [0.25, 0.3) is 5.56 Å². The molecule has 2 aromatic rings. The summed E-state index contributed by atoms with van der Waals surface area (Å²) in [6.07, 6.45) is 0.831. The van der Waals surface area contributed by atoms with Gasteiger partial charge < -0.3 is 19.9 Å². The Hall–Kier alpha value is -2.46. The van der Waals surface area contributed by atoms with Gasteiger partial charge in [-0.2, -0.15) is 5.26 Å². The minimum absolute atomic E-state index is 0.0240. The van der Waals surface area contributed by atoms with Crippen LogP contribution in [0.25, 0.3) is 0 Å². The molecule has 8 heteroatoms. The van der Waals surface area contributed by atoms with Gasteiger partial charge in [0.05, 0.1) is 11.5 Å². The zero-order chi connectivity index (χ0) is 22.7. The fourth-order valence-corrected chi connectivity index (χ4v) is 4.52. The predicted octanol–water partition coefficient (Wildman–Crippen LogP) is 4.41. The lowest BCUT2D eigenvalue weighted by Crippen LogP contribution is -2.33. The second-order valence-corrected chi connectivity index (χ2v) is 8.34. The minimum Gasteiger partial charge on any atom is -0.440 e. The first kappa shape index (κ1) is 23.2. The molecule has 1 atom stereocenters. The van der Waals surface area contributed by atoms with Gasteiger partial charge in [-0.15, -0.1) is 0 Å². The van der Waals surface area contributed by atoms with Gasteiger partial charge in [0.2, 0.25) is 5.88 Å². The Morgan fingerprint density at radius 2 is 1.97 bits per heavy atom. The number of benzene rings is 1. The molecular weight excluding hydrogens is 435 g/mol. The molecule has 0 aliphatic carbocycles. The standard InChI is InChI=1S/C23H26Cl2N4O2/c1-4-28(5-2)9-6-10-29-14(3)11-19-21(23(29)30)20(17(13-26)22(27)31-19)16-8-7-15(24)12-18(16)25/h7-8,11-12,20H,4-6,9-10,27H2,1-3H3/t20-/m1/s1. The van der Waals surface area contributed by atoms with Gasteiger partial charge in [-0.3, -0.25) is 4.79 Å². The van der Waals surface area contributed by atoms with E-state index in [-0.39, 0.29) is 17.0 Å². The number of nitriles is 1. The maximum absolute atomic E-state index is 13.6. The monoisotopic (exact) mass is 460 g/mol. The molecule has 0 saturated carbocycles. The molecular formula is C23H26Cl2N4O2. The van der Waals surface area contributed by atoms with Gasteiger partial charge in [0, 0.05) is 28.4 Å². The van der Waals surface area contributed by atoms with Crippen molar-refractivity contribution < 1.29 is 4.74 Å². The topological polar surface area (TPSA) is 84.3 Å². The SMILES string of the molecule is CCN(CC)CCCn1c(C)cc2c(c1=O)[C@H](c1ccc(Cl)cc1Cl)C(C#N)=C(N)O2. The van der Waals surface area contributed by atoms with Crippen molar-refractivity contribution in [2.45, 2.75) is 39.7 Å². The largest absolute Gasteiger partial charge is 0.440 e. The van der Waals surface area contributed by atoms with E-state index in [0.717, 1.165) is 31.7 Å². The number of ether oxygens (including phenoxy) is 1. The molecule has 0 saturated heterocycles. The Morgan fingerprint density at radius 1 is 1.26 bits per heavy atom. The van der Waals surface area contributed by atoms with Gasteiger partial charge in [0.15, 0.2) is 0 Å². The molecule has 0 bridgehead atoms. The average Bonchev–Trinajstić information content (AvgIpc) is 2.72. The zero-order valence-corrected chi connectivity index (χ0v) is 19.4. The van der Waals surface area contributed by atoms with Crippen LogP contribution in [0.1, 0.15) is 43.0 Å². The maximum atomic E-state index is 13.6. The minimum atomic E-state index is -0.722. The Kier molecular flexibility index (Phi) is 7.32. The van der Waals surface area contributed by atoms with Crippen molar-refractivity contribution in [2.75, 3.05) is 19.6 Å². The van der Waals surface area contributed by atoms with Crippen LogP contribution in [0.4, 0.5) is 0 Å². The number of nitrogens with zero attached hydrogens (tertiary/aromatic N) is 3. The molecule has 6 nitrogen and oxygen atoms in total. The maximum Gasteiger partial charge on any atom is 0.258 e. The van der Waals surface area contributed by atoms with Crippen LogP contribution in [-0.2, 0) is 6.54 Å². The van der Waals surface area contributed by atoms with E-state index in [4.69, 9.17) is 33.7 Å². The first-order valence-electron chi connectivity index (χ1n) is 10.3. The van der Waals surface area contributed by atoms with Crippen molar-refractivity contribution in [3.63, 3.8) is 0 Å². The number of pyridine rings is 1. The fraction of sp³-hybridized carbons (Fsp3) is 0.391. The van der Waals surface area contributed by atoms with Crippen molar-refractivity contribution in [3.05, 3.63) is 72.9 Å². The number of halogens is 2. The van der Waals surface area contributed by atoms with E-state index in [1.807, 2.05) is 6.92 Å². The molecule has 0 spiro atoms. The van der Waals surface area contributed by atoms with Crippen molar-refractivity contribution in [3.8, 4) is 11.8 Å². The number of hydrogen-bond donors (Lipinski definition) is 1. The molecule has 0 radical (unpaired) electrons. The summed E-state index contributed by atoms with van der Waals surface area (Å²) in [4.78, 5) is 15.9. The van der Waals surface area contributed by atoms with E-state index in [0.29, 0.717) is 33.5 Å². The highest BCUT2D eigenvalue weighted by Gasteiger charge is 2.35. The third-order valence-corrected chi connectivity index (χ3v) is 6.28. The molecule has 0 unspecified atom stereocenters.